The summed E-state index contributed by atoms with van der Waals surface area (Å²) in [7, 11) is 2.30. The normalized spacial score (nSPS) is 10.2. The number of halogens is 2. The van der Waals surface area contributed by atoms with E-state index in [-0.39, 0.29) is 22.4 Å². The minimum absolute atomic E-state index is 0.0338. The van der Waals surface area contributed by atoms with Crippen molar-refractivity contribution in [2.75, 3.05) is 19.5 Å². The molecule has 2 aromatic rings. The molecular weight excluding hydrogens is 348 g/mol. The standard InChI is InChI=1S/C18H15F2NO5/c1-25-17(23)13-5-4-12(9-14(13)18(24)26-2)21-16(22)8-10-7-11(19)3-6-15(10)20/h3-7,9H,8H2,1-2H3,(H,21,22). The van der Waals surface area contributed by atoms with Crippen molar-refractivity contribution in [3.63, 3.8) is 0 Å². The minimum atomic E-state index is -0.794. The zero-order valence-electron chi connectivity index (χ0n) is 14.0. The molecule has 1 amide bonds. The van der Waals surface area contributed by atoms with Gasteiger partial charge in [0.15, 0.2) is 0 Å². The van der Waals surface area contributed by atoms with E-state index in [0.29, 0.717) is 0 Å². The Balaban J connectivity index is 2.23. The van der Waals surface area contributed by atoms with Crippen LogP contribution in [0.2, 0.25) is 0 Å². The fourth-order valence-electron chi connectivity index (χ4n) is 2.25. The summed E-state index contributed by atoms with van der Waals surface area (Å²) in [5, 5.41) is 2.45. The number of carbonyl (C=O) groups excluding carboxylic acids is 3. The summed E-state index contributed by atoms with van der Waals surface area (Å²) in [6, 6.07) is 6.70. The van der Waals surface area contributed by atoms with Crippen LogP contribution < -0.4 is 5.32 Å². The first-order valence-electron chi connectivity index (χ1n) is 7.40. The maximum Gasteiger partial charge on any atom is 0.338 e. The van der Waals surface area contributed by atoms with Gasteiger partial charge in [0.2, 0.25) is 5.91 Å². The molecule has 0 bridgehead atoms. The molecule has 0 radical (unpaired) electrons. The summed E-state index contributed by atoms with van der Waals surface area (Å²) in [6.07, 6.45) is -0.407. The van der Waals surface area contributed by atoms with Gasteiger partial charge in [0.25, 0.3) is 0 Å². The van der Waals surface area contributed by atoms with Crippen molar-refractivity contribution in [3.8, 4) is 0 Å². The summed E-state index contributed by atoms with van der Waals surface area (Å²) in [6.45, 7) is 0. The van der Waals surface area contributed by atoms with Crippen molar-refractivity contribution in [2.24, 2.45) is 0 Å². The number of anilines is 1. The average Bonchev–Trinajstić information content (AvgIpc) is 2.63. The summed E-state index contributed by atoms with van der Waals surface area (Å²) in [4.78, 5) is 35.6. The van der Waals surface area contributed by atoms with E-state index in [9.17, 15) is 23.2 Å². The van der Waals surface area contributed by atoms with Crippen molar-refractivity contribution in [3.05, 3.63) is 64.7 Å². The molecule has 0 aromatic heterocycles. The third kappa shape index (κ3) is 4.41. The first kappa shape index (κ1) is 19.0. The molecule has 0 unspecified atom stereocenters. The molecule has 2 rings (SSSR count). The van der Waals surface area contributed by atoms with E-state index in [4.69, 9.17) is 0 Å². The molecule has 136 valence electrons. The van der Waals surface area contributed by atoms with Crippen molar-refractivity contribution < 1.29 is 32.6 Å². The Morgan fingerprint density at radius 2 is 1.58 bits per heavy atom. The molecule has 0 saturated heterocycles. The van der Waals surface area contributed by atoms with Gasteiger partial charge in [0.05, 0.1) is 31.8 Å². The molecule has 26 heavy (non-hydrogen) atoms. The van der Waals surface area contributed by atoms with Crippen LogP contribution in [0.4, 0.5) is 14.5 Å². The second-order valence-corrected chi connectivity index (χ2v) is 5.20. The van der Waals surface area contributed by atoms with Crippen LogP contribution >= 0.6 is 0 Å². The van der Waals surface area contributed by atoms with E-state index >= 15 is 0 Å². The van der Waals surface area contributed by atoms with E-state index in [1.54, 1.807) is 0 Å². The number of hydrogen-bond donors (Lipinski definition) is 1. The third-order valence-electron chi connectivity index (χ3n) is 3.47. The van der Waals surface area contributed by atoms with Crippen LogP contribution in [0.1, 0.15) is 26.3 Å². The Morgan fingerprint density at radius 1 is 0.923 bits per heavy atom. The van der Waals surface area contributed by atoms with Gasteiger partial charge in [-0.05, 0) is 36.4 Å². The minimum Gasteiger partial charge on any atom is -0.465 e. The first-order valence-corrected chi connectivity index (χ1v) is 7.40. The highest BCUT2D eigenvalue weighted by atomic mass is 19.1. The molecule has 0 aliphatic carbocycles. The van der Waals surface area contributed by atoms with Crippen molar-refractivity contribution in [1.29, 1.82) is 0 Å². The maximum absolute atomic E-state index is 13.6. The number of ether oxygens (including phenoxy) is 2. The number of esters is 2. The zero-order chi connectivity index (χ0) is 19.3. The van der Waals surface area contributed by atoms with Gasteiger partial charge < -0.3 is 14.8 Å². The molecule has 0 heterocycles. The maximum atomic E-state index is 13.6. The smallest absolute Gasteiger partial charge is 0.338 e. The van der Waals surface area contributed by atoms with E-state index in [1.807, 2.05) is 0 Å². The molecule has 0 spiro atoms. The van der Waals surface area contributed by atoms with Crippen LogP contribution in [-0.4, -0.2) is 32.1 Å². The summed E-state index contributed by atoms with van der Waals surface area (Å²) < 4.78 is 36.0. The lowest BCUT2D eigenvalue weighted by Crippen LogP contribution is -2.17. The van der Waals surface area contributed by atoms with Crippen molar-refractivity contribution >= 4 is 23.5 Å². The Kier molecular flexibility index (Phi) is 6.00. The fraction of sp³-hybridized carbons (Fsp3) is 0.167. The lowest BCUT2D eigenvalue weighted by molar-refractivity contribution is -0.115. The number of amides is 1. The summed E-state index contributed by atoms with van der Waals surface area (Å²) in [5.74, 6) is -3.54. The van der Waals surface area contributed by atoms with Crippen LogP contribution in [-0.2, 0) is 20.7 Å². The van der Waals surface area contributed by atoms with Crippen LogP contribution in [0.25, 0.3) is 0 Å². The number of hydrogen-bond acceptors (Lipinski definition) is 5. The molecule has 0 aliphatic heterocycles. The van der Waals surface area contributed by atoms with Gasteiger partial charge >= 0.3 is 11.9 Å². The van der Waals surface area contributed by atoms with Crippen molar-refractivity contribution in [1.82, 2.24) is 0 Å². The fourth-order valence-corrected chi connectivity index (χ4v) is 2.25. The van der Waals surface area contributed by atoms with Gasteiger partial charge in [-0.1, -0.05) is 0 Å². The second kappa shape index (κ2) is 8.19. The van der Waals surface area contributed by atoms with Gasteiger partial charge in [-0.2, -0.15) is 0 Å². The second-order valence-electron chi connectivity index (χ2n) is 5.20. The topological polar surface area (TPSA) is 81.7 Å². The summed E-state index contributed by atoms with van der Waals surface area (Å²) in [5.41, 5.74) is -0.0654. The van der Waals surface area contributed by atoms with Gasteiger partial charge in [-0.3, -0.25) is 4.79 Å². The van der Waals surface area contributed by atoms with Crippen molar-refractivity contribution in [2.45, 2.75) is 6.42 Å². The van der Waals surface area contributed by atoms with E-state index in [0.717, 1.165) is 32.4 Å². The molecule has 8 heteroatoms. The van der Waals surface area contributed by atoms with Gasteiger partial charge in [0, 0.05) is 11.3 Å². The van der Waals surface area contributed by atoms with E-state index in [2.05, 4.69) is 14.8 Å². The molecule has 1 N–H and O–H groups in total. The Labute approximate surface area is 147 Å². The first-order chi connectivity index (χ1) is 12.3. The summed E-state index contributed by atoms with van der Waals surface area (Å²) >= 11 is 0. The van der Waals surface area contributed by atoms with Crippen LogP contribution in [0.3, 0.4) is 0 Å². The average molecular weight is 363 g/mol. The Bertz CT molecular complexity index is 867. The number of rotatable bonds is 5. The van der Waals surface area contributed by atoms with Crippen LogP contribution in [0.15, 0.2) is 36.4 Å². The number of benzene rings is 2. The van der Waals surface area contributed by atoms with Gasteiger partial charge in [0.1, 0.15) is 11.6 Å². The largest absolute Gasteiger partial charge is 0.465 e. The molecule has 0 saturated carbocycles. The Hall–Kier alpha value is -3.29. The van der Waals surface area contributed by atoms with Crippen LogP contribution in [0, 0.1) is 11.6 Å². The molecule has 2 aromatic carbocycles. The van der Waals surface area contributed by atoms with Gasteiger partial charge in [-0.25, -0.2) is 18.4 Å². The molecular formula is C18H15F2NO5. The zero-order valence-corrected chi connectivity index (χ0v) is 14.0. The number of nitrogens with one attached hydrogen (secondary N) is 1. The number of carbonyl (C=O) groups is 3. The molecule has 6 nitrogen and oxygen atoms in total. The molecule has 0 aliphatic rings. The SMILES string of the molecule is COC(=O)c1ccc(NC(=O)Cc2cc(F)ccc2F)cc1C(=O)OC. The lowest BCUT2D eigenvalue weighted by Gasteiger charge is -2.10. The quantitative estimate of drug-likeness (QED) is 0.826. The van der Waals surface area contributed by atoms with E-state index < -0.39 is 35.9 Å². The number of methoxy groups -OCH3 is 2. The predicted octanol–water partition coefficient (Wildman–Crippen LogP) is 2.72. The highest BCUT2D eigenvalue weighted by Gasteiger charge is 2.19. The highest BCUT2D eigenvalue weighted by Crippen LogP contribution is 2.19. The highest BCUT2D eigenvalue weighted by molar-refractivity contribution is 6.04. The van der Waals surface area contributed by atoms with Gasteiger partial charge in [-0.15, -0.1) is 0 Å². The third-order valence-corrected chi connectivity index (χ3v) is 3.47. The van der Waals surface area contributed by atoms with Crippen LogP contribution in [0.5, 0.6) is 0 Å². The Morgan fingerprint density at radius 3 is 2.23 bits per heavy atom. The monoisotopic (exact) mass is 363 g/mol. The predicted molar refractivity (Wildman–Crippen MR) is 87.8 cm³/mol. The van der Waals surface area contributed by atoms with E-state index in [1.165, 1.54) is 18.2 Å². The molecule has 0 atom stereocenters. The lowest BCUT2D eigenvalue weighted by atomic mass is 10.1. The molecule has 0 fully saturated rings.